The van der Waals surface area contributed by atoms with Crippen LogP contribution in [0.3, 0.4) is 0 Å². The van der Waals surface area contributed by atoms with E-state index in [9.17, 15) is 13.2 Å². The lowest BCUT2D eigenvalue weighted by Crippen LogP contribution is -2.44. The van der Waals surface area contributed by atoms with Crippen LogP contribution in [0.25, 0.3) is 0 Å². The Balaban J connectivity index is 1.56. The van der Waals surface area contributed by atoms with Crippen molar-refractivity contribution in [3.8, 4) is 0 Å². The molecule has 2 aromatic heterocycles. The Labute approximate surface area is 214 Å². The van der Waals surface area contributed by atoms with Gasteiger partial charge < -0.3 is 20.3 Å². The lowest BCUT2D eigenvalue weighted by atomic mass is 10.2. The smallest absolute Gasteiger partial charge is 0.350 e. The zero-order chi connectivity index (χ0) is 25.7. The Hall–Kier alpha value is -3.29. The topological polar surface area (TPSA) is 138 Å². The van der Waals surface area contributed by atoms with Gasteiger partial charge in [0.2, 0.25) is 5.95 Å². The van der Waals surface area contributed by atoms with Crippen molar-refractivity contribution in [2.45, 2.75) is 25.3 Å². The average molecular weight is 532 g/mol. The van der Waals surface area contributed by atoms with Gasteiger partial charge >= 0.3 is 5.97 Å². The summed E-state index contributed by atoms with van der Waals surface area (Å²) < 4.78 is 28.5. The fraction of sp³-hybridized carbons (Fsp3) is 0.391. The number of aromatic nitrogens is 3. The van der Waals surface area contributed by atoms with Crippen molar-refractivity contribution in [1.82, 2.24) is 20.3 Å². The highest BCUT2D eigenvalue weighted by Gasteiger charge is 2.19. The molecule has 13 heteroatoms. The first-order chi connectivity index (χ1) is 17.2. The quantitative estimate of drug-likeness (QED) is 0.351. The number of nitrogens with one attached hydrogen (secondary N) is 3. The number of hydrogen-bond donors (Lipinski definition) is 3. The molecule has 0 bridgehead atoms. The normalized spacial score (nSPS) is 13.9. The van der Waals surface area contributed by atoms with E-state index in [1.807, 2.05) is 6.07 Å². The molecule has 1 aliphatic rings. The van der Waals surface area contributed by atoms with Crippen LogP contribution in [-0.4, -0.2) is 68.4 Å². The summed E-state index contributed by atoms with van der Waals surface area (Å²) >= 11 is 1.19. The van der Waals surface area contributed by atoms with E-state index in [0.29, 0.717) is 40.6 Å². The number of aryl methyl sites for hydroxylation is 1. The molecule has 1 aliphatic heterocycles. The molecule has 3 N–H and O–H groups in total. The van der Waals surface area contributed by atoms with E-state index in [1.54, 1.807) is 38.1 Å². The van der Waals surface area contributed by atoms with Gasteiger partial charge in [0, 0.05) is 45.0 Å². The van der Waals surface area contributed by atoms with Crippen LogP contribution in [0.2, 0.25) is 0 Å². The molecule has 0 unspecified atom stereocenters. The Morgan fingerprint density at radius 3 is 2.56 bits per heavy atom. The van der Waals surface area contributed by atoms with E-state index in [0.717, 1.165) is 37.6 Å². The molecule has 1 saturated heterocycles. The van der Waals surface area contributed by atoms with E-state index in [2.05, 4.69) is 35.8 Å². The maximum absolute atomic E-state index is 12.2. The maximum atomic E-state index is 12.2. The molecule has 1 fully saturated rings. The summed E-state index contributed by atoms with van der Waals surface area (Å²) in [5.41, 5.74) is 1.49. The maximum Gasteiger partial charge on any atom is 0.350 e. The van der Waals surface area contributed by atoms with Gasteiger partial charge in [-0.25, -0.2) is 18.2 Å². The minimum absolute atomic E-state index is 0.279. The number of esters is 1. The first-order valence-electron chi connectivity index (χ1n) is 11.5. The summed E-state index contributed by atoms with van der Waals surface area (Å²) in [6.07, 6.45) is 1.19. The molecule has 36 heavy (non-hydrogen) atoms. The summed E-state index contributed by atoms with van der Waals surface area (Å²) in [5.74, 6) is 1.32. The molecule has 192 valence electrons. The number of carbonyl (C=O) groups excluding carboxylic acids is 1. The molecule has 3 aromatic rings. The lowest BCUT2D eigenvalue weighted by molar-refractivity contribution is 0.0531. The SMILES string of the molecule is CCOC(=O)c1sc(Nc2nc(NCc3ccc(S(C)(=O)=O)cc3)cc(N3CCNCC3)n2)nc1C. The first kappa shape index (κ1) is 25.8. The number of nitrogens with zero attached hydrogens (tertiary/aromatic N) is 4. The highest BCUT2D eigenvalue weighted by molar-refractivity contribution is 7.90. The number of anilines is 4. The lowest BCUT2D eigenvalue weighted by Gasteiger charge is -2.28. The Morgan fingerprint density at radius 2 is 1.89 bits per heavy atom. The van der Waals surface area contributed by atoms with Gasteiger partial charge in [0.25, 0.3) is 0 Å². The molecule has 0 aliphatic carbocycles. The first-order valence-corrected chi connectivity index (χ1v) is 14.2. The third-order valence-electron chi connectivity index (χ3n) is 5.45. The van der Waals surface area contributed by atoms with Crippen LogP contribution in [-0.2, 0) is 21.1 Å². The predicted octanol–water partition coefficient (Wildman–Crippen LogP) is 2.59. The number of rotatable bonds is 9. The molecule has 1 aromatic carbocycles. The van der Waals surface area contributed by atoms with Crippen molar-refractivity contribution in [1.29, 1.82) is 0 Å². The number of ether oxygens (including phenoxy) is 1. The molecule has 11 nitrogen and oxygen atoms in total. The van der Waals surface area contributed by atoms with Crippen molar-refractivity contribution in [2.24, 2.45) is 0 Å². The fourth-order valence-electron chi connectivity index (χ4n) is 3.62. The van der Waals surface area contributed by atoms with Gasteiger partial charge in [0.05, 0.1) is 17.2 Å². The number of benzene rings is 1. The monoisotopic (exact) mass is 531 g/mol. The van der Waals surface area contributed by atoms with Gasteiger partial charge in [0.1, 0.15) is 16.5 Å². The summed E-state index contributed by atoms with van der Waals surface area (Å²) in [7, 11) is -3.24. The second-order valence-electron chi connectivity index (χ2n) is 8.22. The third-order valence-corrected chi connectivity index (χ3v) is 7.64. The number of piperazine rings is 1. The van der Waals surface area contributed by atoms with Gasteiger partial charge in [-0.1, -0.05) is 23.5 Å². The number of sulfone groups is 1. The second-order valence-corrected chi connectivity index (χ2v) is 11.2. The van der Waals surface area contributed by atoms with Crippen molar-refractivity contribution in [3.05, 3.63) is 46.5 Å². The van der Waals surface area contributed by atoms with Gasteiger partial charge in [-0.15, -0.1) is 0 Å². The van der Waals surface area contributed by atoms with Crippen LogP contribution >= 0.6 is 11.3 Å². The Morgan fingerprint density at radius 1 is 1.17 bits per heavy atom. The zero-order valence-electron chi connectivity index (χ0n) is 20.4. The van der Waals surface area contributed by atoms with E-state index in [-0.39, 0.29) is 4.90 Å². The zero-order valence-corrected chi connectivity index (χ0v) is 22.0. The van der Waals surface area contributed by atoms with Gasteiger partial charge in [-0.2, -0.15) is 9.97 Å². The van der Waals surface area contributed by atoms with Crippen LogP contribution in [0.4, 0.5) is 22.7 Å². The molecule has 0 radical (unpaired) electrons. The van der Waals surface area contributed by atoms with E-state index in [4.69, 9.17) is 4.74 Å². The average Bonchev–Trinajstić information content (AvgIpc) is 3.23. The predicted molar refractivity (Wildman–Crippen MR) is 140 cm³/mol. The standard InChI is InChI=1S/C23H29N7O4S2/c1-4-34-21(31)20-15(2)26-23(35-20)29-22-27-18(13-19(28-22)30-11-9-24-10-12-30)25-14-16-5-7-17(8-6-16)36(3,32)33/h5-8,13,24H,4,9-12,14H2,1-3H3,(H2,25,26,27,28,29). The van der Waals surface area contributed by atoms with Gasteiger partial charge in [-0.05, 0) is 31.5 Å². The van der Waals surface area contributed by atoms with Crippen molar-refractivity contribution < 1.29 is 17.9 Å². The minimum atomic E-state index is -3.24. The summed E-state index contributed by atoms with van der Waals surface area (Å²) in [4.78, 5) is 28.8. The molecule has 0 amide bonds. The van der Waals surface area contributed by atoms with Crippen LogP contribution in [0.15, 0.2) is 35.2 Å². The molecule has 0 spiro atoms. The van der Waals surface area contributed by atoms with Gasteiger partial charge in [-0.3, -0.25) is 5.32 Å². The van der Waals surface area contributed by atoms with Gasteiger partial charge in [0.15, 0.2) is 15.0 Å². The van der Waals surface area contributed by atoms with Crippen LogP contribution in [0.1, 0.15) is 27.9 Å². The van der Waals surface area contributed by atoms with Crippen molar-refractivity contribution >= 4 is 49.9 Å². The van der Waals surface area contributed by atoms with Crippen molar-refractivity contribution in [3.63, 3.8) is 0 Å². The summed E-state index contributed by atoms with van der Waals surface area (Å²) in [6.45, 7) is 7.60. The number of thiazole rings is 1. The summed E-state index contributed by atoms with van der Waals surface area (Å²) in [6, 6.07) is 8.62. The molecule has 3 heterocycles. The Kier molecular flexibility index (Phi) is 8.01. The highest BCUT2D eigenvalue weighted by atomic mass is 32.2. The third kappa shape index (κ3) is 6.47. The van der Waals surface area contributed by atoms with Crippen molar-refractivity contribution in [2.75, 3.05) is 54.6 Å². The minimum Gasteiger partial charge on any atom is -0.462 e. The molecular formula is C23H29N7O4S2. The Bertz CT molecular complexity index is 1320. The van der Waals surface area contributed by atoms with E-state index in [1.165, 1.54) is 17.6 Å². The number of carbonyl (C=O) groups is 1. The van der Waals surface area contributed by atoms with Crippen LogP contribution < -0.4 is 20.9 Å². The second kappa shape index (κ2) is 11.2. The largest absolute Gasteiger partial charge is 0.462 e. The van der Waals surface area contributed by atoms with E-state index >= 15 is 0 Å². The summed E-state index contributed by atoms with van der Waals surface area (Å²) in [5, 5.41) is 10.3. The molecular weight excluding hydrogens is 502 g/mol. The molecule has 0 saturated carbocycles. The van der Waals surface area contributed by atoms with E-state index < -0.39 is 15.8 Å². The number of hydrogen-bond acceptors (Lipinski definition) is 12. The highest BCUT2D eigenvalue weighted by Crippen LogP contribution is 2.27. The van der Waals surface area contributed by atoms with Crippen LogP contribution in [0, 0.1) is 6.92 Å². The van der Waals surface area contributed by atoms with Crippen LogP contribution in [0.5, 0.6) is 0 Å². The molecule has 0 atom stereocenters. The fourth-order valence-corrected chi connectivity index (χ4v) is 5.10. The molecule has 4 rings (SSSR count).